The van der Waals surface area contributed by atoms with E-state index in [1.807, 2.05) is 0 Å². The van der Waals surface area contributed by atoms with Crippen LogP contribution in [-0.4, -0.2) is 48.5 Å². The molecule has 0 atom stereocenters. The zero-order valence-electron chi connectivity index (χ0n) is 16.1. The van der Waals surface area contributed by atoms with Gasteiger partial charge in [-0.15, -0.1) is 0 Å². The monoisotopic (exact) mass is 407 g/mol. The lowest BCUT2D eigenvalue weighted by atomic mass is 10.1. The maximum Gasteiger partial charge on any atom is 0.307 e. The molecule has 1 heterocycles. The fourth-order valence-electron chi connectivity index (χ4n) is 2.43. The highest BCUT2D eigenvalue weighted by molar-refractivity contribution is 5.90. The maximum absolute atomic E-state index is 12.8. The second kappa shape index (κ2) is 10.8. The van der Waals surface area contributed by atoms with E-state index in [-0.39, 0.29) is 37.6 Å². The van der Waals surface area contributed by atoms with Crippen LogP contribution in [0.15, 0.2) is 36.7 Å². The number of ether oxygens (including phenoxy) is 3. The Kier molecular flexibility index (Phi) is 8.13. The van der Waals surface area contributed by atoms with Crippen molar-refractivity contribution < 1.29 is 33.0 Å². The van der Waals surface area contributed by atoms with E-state index in [0.29, 0.717) is 11.4 Å². The van der Waals surface area contributed by atoms with Gasteiger partial charge in [0, 0.05) is 6.20 Å². The summed E-state index contributed by atoms with van der Waals surface area (Å²) in [5, 5.41) is 6.75. The molecule has 10 heteroatoms. The number of benzene rings is 1. The van der Waals surface area contributed by atoms with Crippen LogP contribution in [0.4, 0.5) is 10.1 Å². The van der Waals surface area contributed by atoms with Gasteiger partial charge in [0.15, 0.2) is 0 Å². The van der Waals surface area contributed by atoms with Gasteiger partial charge in [-0.1, -0.05) is 0 Å². The summed E-state index contributed by atoms with van der Waals surface area (Å²) in [4.78, 5) is 35.2. The first-order valence-electron chi connectivity index (χ1n) is 8.77. The molecule has 0 saturated carbocycles. The fraction of sp³-hybridized carbons (Fsp3) is 0.368. The number of hydrogen-bond donors (Lipinski definition) is 1. The van der Waals surface area contributed by atoms with Gasteiger partial charge in [0.1, 0.15) is 11.6 Å². The number of halogens is 1. The Bertz CT molecular complexity index is 819. The molecular weight excluding hydrogens is 385 g/mol. The van der Waals surface area contributed by atoms with E-state index in [4.69, 9.17) is 4.74 Å². The lowest BCUT2D eigenvalue weighted by Gasteiger charge is -2.15. The van der Waals surface area contributed by atoms with E-state index in [1.54, 1.807) is 0 Å². The van der Waals surface area contributed by atoms with Crippen molar-refractivity contribution in [2.24, 2.45) is 0 Å². The van der Waals surface area contributed by atoms with Gasteiger partial charge in [-0.25, -0.2) is 4.39 Å². The van der Waals surface area contributed by atoms with E-state index >= 15 is 0 Å². The van der Waals surface area contributed by atoms with Gasteiger partial charge in [-0.2, -0.15) is 5.10 Å². The van der Waals surface area contributed by atoms with Crippen molar-refractivity contribution in [1.29, 1.82) is 0 Å². The quantitative estimate of drug-likeness (QED) is 0.601. The van der Waals surface area contributed by atoms with Gasteiger partial charge in [0.05, 0.1) is 58.0 Å². The molecule has 0 unspecified atom stereocenters. The first-order chi connectivity index (χ1) is 13.9. The standard InChI is InChI=1S/C19H22FN3O6/c1-27-18(25)9-15(10-19(26)28-2)23-12-14(11-21-23)22-17(24)7-8-29-16-5-3-13(20)4-6-16/h3-6,11-12,15H,7-10H2,1-2H3,(H,22,24). The Morgan fingerprint density at radius 3 is 2.31 bits per heavy atom. The van der Waals surface area contributed by atoms with Crippen molar-refractivity contribution in [1.82, 2.24) is 9.78 Å². The van der Waals surface area contributed by atoms with Gasteiger partial charge in [-0.3, -0.25) is 19.1 Å². The number of rotatable bonds is 10. The normalized spacial score (nSPS) is 10.5. The van der Waals surface area contributed by atoms with E-state index in [0.717, 1.165) is 0 Å². The largest absolute Gasteiger partial charge is 0.493 e. The Morgan fingerprint density at radius 1 is 1.10 bits per heavy atom. The summed E-state index contributed by atoms with van der Waals surface area (Å²) in [6, 6.07) is 4.87. The molecule has 9 nitrogen and oxygen atoms in total. The van der Waals surface area contributed by atoms with Crippen LogP contribution < -0.4 is 10.1 Å². The summed E-state index contributed by atoms with van der Waals surface area (Å²) >= 11 is 0. The van der Waals surface area contributed by atoms with Gasteiger partial charge in [0.25, 0.3) is 0 Å². The number of methoxy groups -OCH3 is 2. The van der Waals surface area contributed by atoms with Gasteiger partial charge >= 0.3 is 11.9 Å². The number of nitrogens with zero attached hydrogens (tertiary/aromatic N) is 2. The molecule has 29 heavy (non-hydrogen) atoms. The van der Waals surface area contributed by atoms with Crippen LogP contribution in [0.2, 0.25) is 0 Å². The molecule has 156 valence electrons. The molecule has 0 aliphatic heterocycles. The molecule has 0 fully saturated rings. The number of aromatic nitrogens is 2. The zero-order valence-corrected chi connectivity index (χ0v) is 16.1. The first kappa shape index (κ1) is 21.9. The van der Waals surface area contributed by atoms with Crippen molar-refractivity contribution in [2.45, 2.75) is 25.3 Å². The average Bonchev–Trinajstić information content (AvgIpc) is 3.17. The van der Waals surface area contributed by atoms with Crippen LogP contribution in [0, 0.1) is 5.82 Å². The van der Waals surface area contributed by atoms with E-state index in [1.165, 1.54) is 55.6 Å². The molecule has 1 aromatic heterocycles. The van der Waals surface area contributed by atoms with Crippen LogP contribution in [0.25, 0.3) is 0 Å². The van der Waals surface area contributed by atoms with Crippen molar-refractivity contribution in [3.05, 3.63) is 42.5 Å². The molecule has 1 aromatic carbocycles. The predicted octanol–water partition coefficient (Wildman–Crippen LogP) is 2.10. The maximum atomic E-state index is 12.8. The van der Waals surface area contributed by atoms with Crippen LogP contribution in [0.1, 0.15) is 25.3 Å². The minimum Gasteiger partial charge on any atom is -0.493 e. The van der Waals surface area contributed by atoms with E-state index in [2.05, 4.69) is 19.9 Å². The number of esters is 2. The smallest absolute Gasteiger partial charge is 0.307 e. The van der Waals surface area contributed by atoms with Crippen LogP contribution in [0.3, 0.4) is 0 Å². The van der Waals surface area contributed by atoms with Crippen molar-refractivity contribution in [2.75, 3.05) is 26.1 Å². The van der Waals surface area contributed by atoms with E-state index in [9.17, 15) is 18.8 Å². The first-order valence-corrected chi connectivity index (χ1v) is 8.77. The molecule has 0 aliphatic rings. The van der Waals surface area contributed by atoms with Crippen LogP contribution >= 0.6 is 0 Å². The highest BCUT2D eigenvalue weighted by atomic mass is 19.1. The van der Waals surface area contributed by atoms with Crippen LogP contribution in [0.5, 0.6) is 5.75 Å². The molecule has 2 rings (SSSR count). The highest BCUT2D eigenvalue weighted by Crippen LogP contribution is 2.19. The molecule has 0 spiro atoms. The SMILES string of the molecule is COC(=O)CC(CC(=O)OC)n1cc(NC(=O)CCOc2ccc(F)cc2)cn1. The number of carbonyl (C=O) groups is 3. The summed E-state index contributed by atoms with van der Waals surface area (Å²) in [5.41, 5.74) is 0.400. The molecule has 0 saturated heterocycles. The van der Waals surface area contributed by atoms with Crippen molar-refractivity contribution in [3.8, 4) is 5.75 Å². The number of carbonyl (C=O) groups excluding carboxylic acids is 3. The summed E-state index contributed by atoms with van der Waals surface area (Å²) in [6.45, 7) is 0.110. The average molecular weight is 407 g/mol. The Balaban J connectivity index is 1.89. The highest BCUT2D eigenvalue weighted by Gasteiger charge is 2.21. The fourth-order valence-corrected chi connectivity index (χ4v) is 2.43. The van der Waals surface area contributed by atoms with Crippen LogP contribution in [-0.2, 0) is 23.9 Å². The molecule has 1 N–H and O–H groups in total. The molecular formula is C19H22FN3O6. The third kappa shape index (κ3) is 7.24. The lowest BCUT2D eigenvalue weighted by molar-refractivity contribution is -0.144. The summed E-state index contributed by atoms with van der Waals surface area (Å²) < 4.78 is 28.9. The van der Waals surface area contributed by atoms with Gasteiger partial charge < -0.3 is 19.5 Å². The number of hydrogen-bond acceptors (Lipinski definition) is 7. The number of nitrogens with one attached hydrogen (secondary N) is 1. The van der Waals surface area contributed by atoms with Gasteiger partial charge in [-0.05, 0) is 24.3 Å². The third-order valence-electron chi connectivity index (χ3n) is 3.93. The Morgan fingerprint density at radius 2 is 1.72 bits per heavy atom. The zero-order chi connectivity index (χ0) is 21.2. The molecule has 1 amide bonds. The molecule has 0 aliphatic carbocycles. The second-order valence-corrected chi connectivity index (χ2v) is 6.02. The topological polar surface area (TPSA) is 109 Å². The van der Waals surface area contributed by atoms with Gasteiger partial charge in [0.2, 0.25) is 5.91 Å². The van der Waals surface area contributed by atoms with Crippen molar-refractivity contribution >= 4 is 23.5 Å². The molecule has 2 aromatic rings. The van der Waals surface area contributed by atoms with Crippen molar-refractivity contribution in [3.63, 3.8) is 0 Å². The lowest BCUT2D eigenvalue weighted by Crippen LogP contribution is -2.19. The molecule has 0 radical (unpaired) electrons. The Hall–Kier alpha value is -3.43. The third-order valence-corrected chi connectivity index (χ3v) is 3.93. The summed E-state index contributed by atoms with van der Waals surface area (Å²) in [7, 11) is 2.50. The Labute approximate surface area is 166 Å². The van der Waals surface area contributed by atoms with E-state index < -0.39 is 18.0 Å². The summed E-state index contributed by atoms with van der Waals surface area (Å²) in [5.74, 6) is -1.23. The number of amides is 1. The minimum atomic E-state index is -0.609. The molecule has 0 bridgehead atoms. The summed E-state index contributed by atoms with van der Waals surface area (Å²) in [6.07, 6.45) is 2.82. The second-order valence-electron chi connectivity index (χ2n) is 6.02. The minimum absolute atomic E-state index is 0.0658. The predicted molar refractivity (Wildman–Crippen MR) is 99.7 cm³/mol. The number of anilines is 1.